The van der Waals surface area contributed by atoms with Gasteiger partial charge in [0.2, 0.25) is 5.91 Å². The second-order valence-electron chi connectivity index (χ2n) is 5.81. The fraction of sp³-hybridized carbons (Fsp3) is 0.235. The molecule has 1 unspecified atom stereocenters. The van der Waals surface area contributed by atoms with Gasteiger partial charge in [-0.2, -0.15) is 0 Å². The van der Waals surface area contributed by atoms with Crippen LogP contribution in [-0.2, 0) is 25.8 Å². The molecule has 1 heterocycles. The Balaban J connectivity index is 1.91. The Morgan fingerprint density at radius 3 is 2.67 bits per heavy atom. The van der Waals surface area contributed by atoms with Gasteiger partial charge in [-0.05, 0) is 54.8 Å². The average molecular weight is 348 g/mol. The Morgan fingerprint density at radius 1 is 1.21 bits per heavy atom. The Morgan fingerprint density at radius 2 is 1.96 bits per heavy atom. The van der Waals surface area contributed by atoms with Crippen molar-refractivity contribution < 1.29 is 17.9 Å². The Hall–Kier alpha value is -2.25. The SMILES string of the molecule is Cc1cc(N[S+](=O)([O-])c2ccc3c(c2)CCC(=O)N3C)ccc1F. The summed E-state index contributed by atoms with van der Waals surface area (Å²) in [4.78, 5) is 13.4. The molecule has 1 N–H and O–H groups in total. The summed E-state index contributed by atoms with van der Waals surface area (Å²) >= 11 is 0. The summed E-state index contributed by atoms with van der Waals surface area (Å²) in [6.45, 7) is 1.57. The van der Waals surface area contributed by atoms with Gasteiger partial charge >= 0.3 is 0 Å². The van der Waals surface area contributed by atoms with E-state index in [1.54, 1.807) is 26.1 Å². The van der Waals surface area contributed by atoms with Gasteiger partial charge in [-0.1, -0.05) is 4.21 Å². The maximum absolute atomic E-state index is 13.3. The molecule has 0 bridgehead atoms. The molecule has 0 spiro atoms. The van der Waals surface area contributed by atoms with Crippen molar-refractivity contribution in [3.05, 3.63) is 53.3 Å². The standard InChI is InChI=1S/C17H17FN2O3S/c1-11-9-13(4-6-15(11)18)19-24(22,23)14-5-7-16-12(10-14)3-8-17(21)20(16)2/h4-7,9-10H,3,8H2,1-2H3,(H-,19,22,23). The Kier molecular flexibility index (Phi) is 4.15. The van der Waals surface area contributed by atoms with Crippen molar-refractivity contribution in [1.29, 1.82) is 0 Å². The summed E-state index contributed by atoms with van der Waals surface area (Å²) in [5, 5.41) is 0. The third-order valence-electron chi connectivity index (χ3n) is 4.12. The van der Waals surface area contributed by atoms with Gasteiger partial charge in [0.1, 0.15) is 5.82 Å². The molecule has 24 heavy (non-hydrogen) atoms. The lowest BCUT2D eigenvalue weighted by Crippen LogP contribution is -2.31. The molecule has 0 fully saturated rings. The number of nitrogens with one attached hydrogen (secondary N) is 1. The molecule has 2 aromatic carbocycles. The molecule has 1 aliphatic rings. The van der Waals surface area contributed by atoms with E-state index in [1.807, 2.05) is 0 Å². The number of rotatable bonds is 3. The fourth-order valence-electron chi connectivity index (χ4n) is 2.72. The number of anilines is 2. The Bertz CT molecular complexity index is 869. The van der Waals surface area contributed by atoms with Gasteiger partial charge < -0.3 is 9.45 Å². The highest BCUT2D eigenvalue weighted by atomic mass is 32.3. The van der Waals surface area contributed by atoms with Crippen molar-refractivity contribution in [1.82, 2.24) is 0 Å². The number of amides is 1. The zero-order valence-electron chi connectivity index (χ0n) is 13.3. The molecular formula is C17H17FN2O3S. The van der Waals surface area contributed by atoms with Crippen LogP contribution in [0.5, 0.6) is 0 Å². The summed E-state index contributed by atoms with van der Waals surface area (Å²) in [6, 6.07) is 8.73. The van der Waals surface area contributed by atoms with Crippen LogP contribution in [0.15, 0.2) is 41.3 Å². The first kappa shape index (κ1) is 16.6. The highest BCUT2D eigenvalue weighted by Gasteiger charge is 2.26. The second kappa shape index (κ2) is 5.99. The van der Waals surface area contributed by atoms with Gasteiger partial charge in [0.15, 0.2) is 15.3 Å². The molecule has 1 amide bonds. The normalized spacial score (nSPS) is 16.5. The van der Waals surface area contributed by atoms with Crippen LogP contribution in [0.2, 0.25) is 0 Å². The first-order valence-electron chi connectivity index (χ1n) is 7.46. The third-order valence-corrected chi connectivity index (χ3v) is 5.49. The lowest BCUT2D eigenvalue weighted by atomic mass is 10.0. The van der Waals surface area contributed by atoms with Crippen molar-refractivity contribution in [3.8, 4) is 0 Å². The van der Waals surface area contributed by atoms with Crippen LogP contribution in [0.4, 0.5) is 15.8 Å². The summed E-state index contributed by atoms with van der Waals surface area (Å²) < 4.78 is 40.8. The molecule has 2 aromatic rings. The maximum atomic E-state index is 13.3. The number of nitrogens with zero attached hydrogens (tertiary/aromatic N) is 1. The molecular weight excluding hydrogens is 331 g/mol. The predicted octanol–water partition coefficient (Wildman–Crippen LogP) is 3.06. The molecule has 126 valence electrons. The van der Waals surface area contributed by atoms with E-state index < -0.39 is 10.4 Å². The number of fused-ring (bicyclic) bond motifs is 1. The van der Waals surface area contributed by atoms with Gasteiger partial charge in [-0.25, -0.2) is 9.11 Å². The van der Waals surface area contributed by atoms with Gasteiger partial charge in [0, 0.05) is 25.2 Å². The van der Waals surface area contributed by atoms with Gasteiger partial charge in [-0.15, -0.1) is 0 Å². The zero-order chi connectivity index (χ0) is 17.5. The van der Waals surface area contributed by atoms with E-state index in [1.165, 1.54) is 29.2 Å². The zero-order valence-corrected chi connectivity index (χ0v) is 14.2. The van der Waals surface area contributed by atoms with Gasteiger partial charge in [0.05, 0.1) is 5.69 Å². The number of aryl methyl sites for hydroxylation is 2. The van der Waals surface area contributed by atoms with Crippen molar-refractivity contribution in [2.75, 3.05) is 16.7 Å². The summed E-state index contributed by atoms with van der Waals surface area (Å²) in [5.41, 5.74) is 2.21. The molecule has 0 saturated carbocycles. The van der Waals surface area contributed by atoms with Crippen molar-refractivity contribution in [2.45, 2.75) is 24.7 Å². The second-order valence-corrected chi connectivity index (χ2v) is 7.50. The number of carbonyl (C=O) groups is 1. The lowest BCUT2D eigenvalue weighted by molar-refractivity contribution is -0.118. The average Bonchev–Trinajstić information content (AvgIpc) is 2.54. The molecule has 0 aliphatic carbocycles. The van der Waals surface area contributed by atoms with Crippen molar-refractivity contribution in [2.24, 2.45) is 0 Å². The number of sulfonamides is 1. The minimum Gasteiger partial charge on any atom is -0.588 e. The van der Waals surface area contributed by atoms with Crippen LogP contribution in [-0.4, -0.2) is 17.5 Å². The minimum atomic E-state index is -3.78. The van der Waals surface area contributed by atoms with Crippen LogP contribution in [0.3, 0.4) is 0 Å². The van der Waals surface area contributed by atoms with Crippen molar-refractivity contribution in [3.63, 3.8) is 0 Å². The molecule has 7 heteroatoms. The van der Waals surface area contributed by atoms with E-state index in [0.717, 1.165) is 11.3 Å². The fourth-order valence-corrected chi connectivity index (χ4v) is 3.82. The Labute approximate surface area is 140 Å². The van der Waals surface area contributed by atoms with Crippen LogP contribution in [0.25, 0.3) is 0 Å². The summed E-state index contributed by atoms with van der Waals surface area (Å²) in [7, 11) is -2.11. The predicted molar refractivity (Wildman–Crippen MR) is 90.0 cm³/mol. The van der Waals surface area contributed by atoms with Gasteiger partial charge in [-0.3, -0.25) is 4.79 Å². The number of hydrogen-bond donors (Lipinski definition) is 1. The number of carbonyl (C=O) groups excluding carboxylic acids is 1. The molecule has 3 rings (SSSR count). The topological polar surface area (TPSA) is 72.5 Å². The van der Waals surface area contributed by atoms with Gasteiger partial charge in [0.25, 0.3) is 0 Å². The van der Waals surface area contributed by atoms with E-state index >= 15 is 0 Å². The van der Waals surface area contributed by atoms with E-state index in [2.05, 4.69) is 4.72 Å². The first-order chi connectivity index (χ1) is 11.3. The van der Waals surface area contributed by atoms with E-state index in [0.29, 0.717) is 24.1 Å². The van der Waals surface area contributed by atoms with Crippen molar-refractivity contribution >= 4 is 27.7 Å². The summed E-state index contributed by atoms with van der Waals surface area (Å²) in [5.74, 6) is -0.377. The van der Waals surface area contributed by atoms with Crippen LogP contribution < -0.4 is 9.62 Å². The number of benzene rings is 2. The smallest absolute Gasteiger partial charge is 0.227 e. The molecule has 1 atom stereocenters. The van der Waals surface area contributed by atoms with E-state index in [-0.39, 0.29) is 16.6 Å². The summed E-state index contributed by atoms with van der Waals surface area (Å²) in [6.07, 6.45) is 0.870. The monoisotopic (exact) mass is 348 g/mol. The third kappa shape index (κ3) is 3.05. The molecule has 1 aliphatic heterocycles. The highest BCUT2D eigenvalue weighted by Crippen LogP contribution is 2.31. The molecule has 0 aromatic heterocycles. The highest BCUT2D eigenvalue weighted by molar-refractivity contribution is 7.98. The molecule has 5 nitrogen and oxygen atoms in total. The largest absolute Gasteiger partial charge is 0.588 e. The maximum Gasteiger partial charge on any atom is 0.227 e. The minimum absolute atomic E-state index is 0.0121. The first-order valence-corrected chi connectivity index (χ1v) is 8.95. The van der Waals surface area contributed by atoms with Crippen LogP contribution in [0.1, 0.15) is 17.5 Å². The van der Waals surface area contributed by atoms with E-state index in [9.17, 15) is 17.9 Å². The molecule has 0 radical (unpaired) electrons. The van der Waals surface area contributed by atoms with E-state index in [4.69, 9.17) is 0 Å². The van der Waals surface area contributed by atoms with Crippen LogP contribution >= 0.6 is 0 Å². The molecule has 0 saturated heterocycles. The number of halogens is 1. The number of hydrogen-bond acceptors (Lipinski definition) is 3. The quantitative estimate of drug-likeness (QED) is 0.867. The van der Waals surface area contributed by atoms with Crippen LogP contribution in [0, 0.1) is 12.7 Å². The lowest BCUT2D eigenvalue weighted by Gasteiger charge is -2.26.